The average Bonchev–Trinajstić information content (AvgIpc) is 2.89. The van der Waals surface area contributed by atoms with Crippen molar-refractivity contribution < 1.29 is 39.3 Å². The molecule has 3 unspecified atom stereocenters. The summed E-state index contributed by atoms with van der Waals surface area (Å²) in [7, 11) is 0. The quantitative estimate of drug-likeness (QED) is 0.486. The van der Waals surface area contributed by atoms with Crippen LogP contribution in [0.4, 0.5) is 0 Å². The first-order valence-electron chi connectivity index (χ1n) is 13.7. The molecule has 0 saturated heterocycles. The van der Waals surface area contributed by atoms with Gasteiger partial charge in [0.05, 0.1) is 17.6 Å². The molecule has 8 heteroatoms. The fraction of sp³-hybridized carbons (Fsp3) is 0.424. The molecule has 2 saturated carbocycles. The molecule has 214 valence electrons. The zero-order valence-electron chi connectivity index (χ0n) is 23.9. The molecule has 7 atom stereocenters. The lowest BCUT2D eigenvalue weighted by Gasteiger charge is -2.64. The van der Waals surface area contributed by atoms with Crippen LogP contribution >= 0.6 is 0 Å². The molecule has 0 aliphatic heterocycles. The summed E-state index contributed by atoms with van der Waals surface area (Å²) in [6.45, 7) is 9.15. The number of carbonyl (C=O) groups is 5. The van der Waals surface area contributed by atoms with Crippen LogP contribution in [0, 0.1) is 41.4 Å². The van der Waals surface area contributed by atoms with Gasteiger partial charge in [0.15, 0.2) is 28.7 Å². The molecule has 3 N–H and O–H groups in total. The normalized spacial score (nSPS) is 35.8. The van der Waals surface area contributed by atoms with E-state index >= 15 is 0 Å². The van der Waals surface area contributed by atoms with Crippen LogP contribution in [0.15, 0.2) is 42.5 Å². The van der Waals surface area contributed by atoms with Gasteiger partial charge in [0.1, 0.15) is 17.5 Å². The maximum absolute atomic E-state index is 14.6. The van der Waals surface area contributed by atoms with Crippen molar-refractivity contribution >= 4 is 40.6 Å². The number of phenols is 1. The first-order chi connectivity index (χ1) is 19.1. The smallest absolute Gasteiger partial charge is 0.191 e. The molecular weight excluding hydrogens is 524 g/mol. The van der Waals surface area contributed by atoms with Crippen LogP contribution < -0.4 is 0 Å². The molecule has 3 aliphatic rings. The fourth-order valence-electron chi connectivity index (χ4n) is 7.94. The van der Waals surface area contributed by atoms with Gasteiger partial charge in [0.25, 0.3) is 0 Å². The third-order valence-electron chi connectivity index (χ3n) is 9.87. The van der Waals surface area contributed by atoms with E-state index in [1.54, 1.807) is 32.1 Å². The largest absolute Gasteiger partial charge is 0.507 e. The zero-order chi connectivity index (χ0) is 30.4. The van der Waals surface area contributed by atoms with Gasteiger partial charge in [-0.25, -0.2) is 0 Å². The lowest BCUT2D eigenvalue weighted by atomic mass is 9.38. The lowest BCUT2D eigenvalue weighted by Crippen LogP contribution is -2.81. The maximum Gasteiger partial charge on any atom is 0.191 e. The predicted octanol–water partition coefficient (Wildman–Crippen LogP) is 3.37. The van der Waals surface area contributed by atoms with Gasteiger partial charge in [-0.3, -0.25) is 24.0 Å². The highest BCUT2D eigenvalue weighted by molar-refractivity contribution is 6.34. The van der Waals surface area contributed by atoms with Gasteiger partial charge in [-0.1, -0.05) is 75.7 Å². The Morgan fingerprint density at radius 3 is 2.15 bits per heavy atom. The summed E-state index contributed by atoms with van der Waals surface area (Å²) in [5.74, 6) is -10.9. The monoisotopic (exact) mass is 558 g/mol. The molecule has 2 aromatic rings. The average molecular weight is 559 g/mol. The Bertz CT molecular complexity index is 1570. The van der Waals surface area contributed by atoms with E-state index in [1.807, 2.05) is 31.2 Å². The van der Waals surface area contributed by atoms with Crippen molar-refractivity contribution in [3.8, 4) is 5.75 Å². The Kier molecular flexibility index (Phi) is 6.40. The Morgan fingerprint density at radius 2 is 1.59 bits per heavy atom. The van der Waals surface area contributed by atoms with E-state index in [0.29, 0.717) is 16.7 Å². The number of Topliss-reactive ketones (excluding diaryl/α,β-unsaturated/α-hetero) is 5. The molecule has 3 aliphatic carbocycles. The van der Waals surface area contributed by atoms with E-state index < -0.39 is 80.9 Å². The van der Waals surface area contributed by atoms with E-state index in [1.165, 1.54) is 19.9 Å². The summed E-state index contributed by atoms with van der Waals surface area (Å²) in [5.41, 5.74) is -4.65. The molecule has 0 bridgehead atoms. The Morgan fingerprint density at radius 1 is 0.976 bits per heavy atom. The van der Waals surface area contributed by atoms with Crippen molar-refractivity contribution in [3.63, 3.8) is 0 Å². The molecule has 0 spiro atoms. The lowest BCUT2D eigenvalue weighted by molar-refractivity contribution is -0.230. The van der Waals surface area contributed by atoms with Crippen molar-refractivity contribution in [2.45, 2.75) is 53.2 Å². The maximum atomic E-state index is 14.6. The Balaban J connectivity index is 1.89. The number of aliphatic hydroxyl groups excluding tert-OH is 1. The summed E-state index contributed by atoms with van der Waals surface area (Å²) < 4.78 is 0. The molecule has 41 heavy (non-hydrogen) atoms. The SMILES string of the molecule is CC(=O)C1C(=O)C(C(C)C)[C@@]2(C)[C@H](O)[C@@]3(C)/C(=C/c4ccc(C)cc4)c4cccc(O)c4C(=O)C3C(=O)[C@@]2(O)C1=O. The van der Waals surface area contributed by atoms with Crippen LogP contribution in [0.5, 0.6) is 5.75 Å². The second-order valence-electron chi connectivity index (χ2n) is 12.5. The van der Waals surface area contributed by atoms with Gasteiger partial charge in [-0.2, -0.15) is 0 Å². The van der Waals surface area contributed by atoms with Crippen molar-refractivity contribution in [1.82, 2.24) is 0 Å². The molecular formula is C33H34O8. The van der Waals surface area contributed by atoms with E-state index in [-0.39, 0.29) is 5.56 Å². The van der Waals surface area contributed by atoms with E-state index in [4.69, 9.17) is 0 Å². The number of aliphatic hydroxyl groups is 2. The highest BCUT2D eigenvalue weighted by Gasteiger charge is 2.80. The molecule has 0 radical (unpaired) electrons. The van der Waals surface area contributed by atoms with Crippen molar-refractivity contribution in [1.29, 1.82) is 0 Å². The highest BCUT2D eigenvalue weighted by Crippen LogP contribution is 2.66. The molecule has 8 nitrogen and oxygen atoms in total. The Hall–Kier alpha value is -3.75. The molecule has 2 aromatic carbocycles. The van der Waals surface area contributed by atoms with Gasteiger partial charge in [0, 0.05) is 16.7 Å². The van der Waals surface area contributed by atoms with Gasteiger partial charge in [0.2, 0.25) is 0 Å². The van der Waals surface area contributed by atoms with Crippen LogP contribution in [-0.2, 0) is 19.2 Å². The zero-order valence-corrected chi connectivity index (χ0v) is 23.9. The standard InChI is InChI=1S/C33H34O8/c1-15(2)24-26(36)22(17(4)34)28(38)33(41)29(39)25-27(37)23-19(8-7-9-21(23)35)20(14-18-12-10-16(3)11-13-18)31(25,5)30(40)32(24,33)6/h7-15,22,24-25,30,35,40-41H,1-6H3/b20-14+/t22?,24?,25?,30-,31+,32+,33+/m1/s1. The number of rotatable bonds is 3. The van der Waals surface area contributed by atoms with Gasteiger partial charge in [-0.15, -0.1) is 0 Å². The van der Waals surface area contributed by atoms with Crippen molar-refractivity contribution in [2.75, 3.05) is 0 Å². The number of benzene rings is 2. The Labute approximate surface area is 238 Å². The second-order valence-corrected chi connectivity index (χ2v) is 12.5. The summed E-state index contributed by atoms with van der Waals surface area (Å²) in [6.07, 6.45) is -0.0524. The fourth-order valence-corrected chi connectivity index (χ4v) is 7.94. The molecule has 2 fully saturated rings. The number of carbonyl (C=O) groups excluding carboxylic acids is 5. The minimum atomic E-state index is -3.01. The third-order valence-corrected chi connectivity index (χ3v) is 9.87. The number of aromatic hydroxyl groups is 1. The van der Waals surface area contributed by atoms with Crippen LogP contribution in [0.25, 0.3) is 11.6 Å². The topological polar surface area (TPSA) is 146 Å². The summed E-state index contributed by atoms with van der Waals surface area (Å²) >= 11 is 0. The molecule has 5 rings (SSSR count). The predicted molar refractivity (Wildman–Crippen MR) is 150 cm³/mol. The van der Waals surface area contributed by atoms with E-state index in [9.17, 15) is 39.3 Å². The van der Waals surface area contributed by atoms with Crippen molar-refractivity contribution in [2.24, 2.45) is 34.5 Å². The minimum absolute atomic E-state index is 0.163. The summed E-state index contributed by atoms with van der Waals surface area (Å²) in [6, 6.07) is 11.9. The number of phenolic OH excluding ortho intramolecular Hbond substituents is 1. The second kappa shape index (κ2) is 9.13. The molecule has 0 heterocycles. The van der Waals surface area contributed by atoms with E-state index in [0.717, 1.165) is 12.5 Å². The van der Waals surface area contributed by atoms with Crippen LogP contribution in [0.2, 0.25) is 0 Å². The van der Waals surface area contributed by atoms with Gasteiger partial charge >= 0.3 is 0 Å². The summed E-state index contributed by atoms with van der Waals surface area (Å²) in [5, 5.41) is 35.4. The summed E-state index contributed by atoms with van der Waals surface area (Å²) in [4.78, 5) is 68.9. The van der Waals surface area contributed by atoms with Crippen LogP contribution in [0.3, 0.4) is 0 Å². The molecule has 0 aromatic heterocycles. The number of ketones is 5. The van der Waals surface area contributed by atoms with Gasteiger partial charge in [-0.05, 0) is 42.5 Å². The number of hydrogen-bond donors (Lipinski definition) is 3. The number of fused-ring (bicyclic) bond motifs is 3. The van der Waals surface area contributed by atoms with Crippen molar-refractivity contribution in [3.05, 3.63) is 64.7 Å². The van der Waals surface area contributed by atoms with Gasteiger partial charge < -0.3 is 15.3 Å². The third kappa shape index (κ3) is 3.44. The van der Waals surface area contributed by atoms with Crippen LogP contribution in [-0.4, -0.2) is 55.9 Å². The first kappa shape index (κ1) is 28.8. The van der Waals surface area contributed by atoms with E-state index in [2.05, 4.69) is 0 Å². The highest BCUT2D eigenvalue weighted by atomic mass is 16.3. The van der Waals surface area contributed by atoms with Crippen LogP contribution in [0.1, 0.15) is 61.7 Å². The number of aryl methyl sites for hydroxylation is 1. The first-order valence-corrected chi connectivity index (χ1v) is 13.7. The number of hydrogen-bond acceptors (Lipinski definition) is 8. The minimum Gasteiger partial charge on any atom is -0.507 e. The molecule has 0 amide bonds.